The molecule has 4 nitrogen and oxygen atoms in total. The first-order valence-electron chi connectivity index (χ1n) is 4.99. The van der Waals surface area contributed by atoms with Crippen LogP contribution in [0.5, 0.6) is 0 Å². The Bertz CT molecular complexity index is 501. The second kappa shape index (κ2) is 3.68. The summed E-state index contributed by atoms with van der Waals surface area (Å²) >= 11 is 1.66. The summed E-state index contributed by atoms with van der Waals surface area (Å²) < 4.78 is 0. The summed E-state index contributed by atoms with van der Waals surface area (Å²) in [5, 5.41) is 2.01. The summed E-state index contributed by atoms with van der Waals surface area (Å²) in [4.78, 5) is 22.8. The monoisotopic (exact) mass is 231 g/mol. The first-order chi connectivity index (χ1) is 7.84. The van der Waals surface area contributed by atoms with E-state index in [1.165, 1.54) is 4.88 Å². The molecular formula is C11H9N3OS. The van der Waals surface area contributed by atoms with Crippen molar-refractivity contribution in [3.63, 3.8) is 0 Å². The van der Waals surface area contributed by atoms with Gasteiger partial charge in [-0.25, -0.2) is 4.99 Å². The van der Waals surface area contributed by atoms with Gasteiger partial charge in [0, 0.05) is 23.7 Å². The molecular weight excluding hydrogens is 222 g/mol. The quantitative estimate of drug-likeness (QED) is 0.773. The van der Waals surface area contributed by atoms with E-state index >= 15 is 0 Å². The SMILES string of the molecule is O=C1N=C2N=CC=CN2C1Cc1cccs1. The largest absolute Gasteiger partial charge is 0.304 e. The van der Waals surface area contributed by atoms with E-state index in [2.05, 4.69) is 9.98 Å². The average Bonchev–Trinajstić information content (AvgIpc) is 2.89. The minimum absolute atomic E-state index is 0.105. The van der Waals surface area contributed by atoms with Crippen LogP contribution < -0.4 is 0 Å². The number of nitrogens with zero attached hydrogens (tertiary/aromatic N) is 3. The maximum Gasteiger partial charge on any atom is 0.272 e. The maximum atomic E-state index is 11.7. The van der Waals surface area contributed by atoms with Crippen LogP contribution in [0, 0.1) is 0 Å². The Morgan fingerprint density at radius 1 is 1.50 bits per heavy atom. The third-order valence-electron chi connectivity index (χ3n) is 2.56. The molecule has 2 aliphatic heterocycles. The van der Waals surface area contributed by atoms with Crippen LogP contribution in [0.1, 0.15) is 4.88 Å². The van der Waals surface area contributed by atoms with E-state index in [-0.39, 0.29) is 11.9 Å². The molecule has 0 saturated heterocycles. The fraction of sp³-hybridized carbons (Fsp3) is 0.182. The van der Waals surface area contributed by atoms with E-state index in [0.29, 0.717) is 12.4 Å². The molecule has 2 aliphatic rings. The third kappa shape index (κ3) is 1.49. The van der Waals surface area contributed by atoms with Gasteiger partial charge >= 0.3 is 0 Å². The fourth-order valence-electron chi connectivity index (χ4n) is 1.80. The van der Waals surface area contributed by atoms with Crippen LogP contribution in [0.3, 0.4) is 0 Å². The maximum absolute atomic E-state index is 11.7. The van der Waals surface area contributed by atoms with Crippen molar-refractivity contribution in [2.75, 3.05) is 0 Å². The molecule has 5 heteroatoms. The normalized spacial score (nSPS) is 22.5. The van der Waals surface area contributed by atoms with Crippen LogP contribution in [0.25, 0.3) is 0 Å². The summed E-state index contributed by atoms with van der Waals surface area (Å²) in [6.45, 7) is 0. The van der Waals surface area contributed by atoms with Gasteiger partial charge in [-0.1, -0.05) is 6.07 Å². The number of amides is 1. The zero-order valence-corrected chi connectivity index (χ0v) is 9.22. The van der Waals surface area contributed by atoms with Gasteiger partial charge in [0.15, 0.2) is 0 Å². The molecule has 0 radical (unpaired) electrons. The first-order valence-corrected chi connectivity index (χ1v) is 5.87. The molecule has 0 bridgehead atoms. The van der Waals surface area contributed by atoms with Crippen LogP contribution in [-0.4, -0.2) is 29.0 Å². The number of hydrogen-bond acceptors (Lipinski definition) is 4. The van der Waals surface area contributed by atoms with Crippen molar-refractivity contribution >= 4 is 29.4 Å². The second-order valence-corrected chi connectivity index (χ2v) is 4.61. The molecule has 1 amide bonds. The highest BCUT2D eigenvalue weighted by molar-refractivity contribution is 7.09. The molecule has 0 N–H and O–H groups in total. The topological polar surface area (TPSA) is 45.0 Å². The smallest absolute Gasteiger partial charge is 0.272 e. The van der Waals surface area contributed by atoms with E-state index < -0.39 is 0 Å². The van der Waals surface area contributed by atoms with E-state index in [1.807, 2.05) is 34.7 Å². The predicted octanol–water partition coefficient (Wildman–Crippen LogP) is 1.46. The minimum atomic E-state index is -0.220. The summed E-state index contributed by atoms with van der Waals surface area (Å²) in [5.41, 5.74) is 0. The lowest BCUT2D eigenvalue weighted by Gasteiger charge is -2.21. The number of thiophene rings is 1. The number of carbonyl (C=O) groups is 1. The molecule has 3 heterocycles. The van der Waals surface area contributed by atoms with Crippen molar-refractivity contribution in [3.8, 4) is 0 Å². The van der Waals surface area contributed by atoms with Crippen molar-refractivity contribution in [1.29, 1.82) is 0 Å². The van der Waals surface area contributed by atoms with Gasteiger partial charge < -0.3 is 4.90 Å². The van der Waals surface area contributed by atoms with Gasteiger partial charge in [0.2, 0.25) is 5.96 Å². The Hall–Kier alpha value is -1.75. The van der Waals surface area contributed by atoms with Gasteiger partial charge in [-0.3, -0.25) is 4.79 Å². The average molecular weight is 231 g/mol. The lowest BCUT2D eigenvalue weighted by molar-refractivity contribution is -0.119. The Labute approximate surface area is 96.6 Å². The Morgan fingerprint density at radius 2 is 2.44 bits per heavy atom. The summed E-state index contributed by atoms with van der Waals surface area (Å²) in [5.74, 6) is 0.404. The van der Waals surface area contributed by atoms with Crippen LogP contribution in [0.2, 0.25) is 0 Å². The standard InChI is InChI=1S/C11H9N3OS/c15-10-9(7-8-3-1-6-16-8)14-5-2-4-12-11(14)13-10/h1-6,9H,7H2. The van der Waals surface area contributed by atoms with Gasteiger partial charge in [-0.2, -0.15) is 4.99 Å². The second-order valence-electron chi connectivity index (χ2n) is 3.58. The molecule has 0 spiro atoms. The highest BCUT2D eigenvalue weighted by Gasteiger charge is 2.34. The van der Waals surface area contributed by atoms with Gasteiger partial charge in [-0.05, 0) is 17.5 Å². The summed E-state index contributed by atoms with van der Waals surface area (Å²) in [6.07, 6.45) is 6.02. The number of hydrogen-bond donors (Lipinski definition) is 0. The molecule has 16 heavy (non-hydrogen) atoms. The molecule has 0 aromatic carbocycles. The number of rotatable bonds is 2. The Kier molecular flexibility index (Phi) is 2.18. The molecule has 1 unspecified atom stereocenters. The number of aliphatic imine (C=N–C) groups is 2. The van der Waals surface area contributed by atoms with E-state index in [1.54, 1.807) is 17.6 Å². The Morgan fingerprint density at radius 3 is 3.25 bits per heavy atom. The molecule has 0 saturated carbocycles. The lowest BCUT2D eigenvalue weighted by Crippen LogP contribution is -2.35. The molecule has 1 aromatic rings. The third-order valence-corrected chi connectivity index (χ3v) is 3.46. The van der Waals surface area contributed by atoms with Crippen molar-refractivity contribution in [3.05, 3.63) is 34.7 Å². The van der Waals surface area contributed by atoms with Crippen molar-refractivity contribution in [1.82, 2.24) is 4.90 Å². The Balaban J connectivity index is 1.85. The zero-order valence-electron chi connectivity index (χ0n) is 8.41. The summed E-state index contributed by atoms with van der Waals surface area (Å²) in [6, 6.07) is 3.81. The first kappa shape index (κ1) is 9.47. The van der Waals surface area contributed by atoms with Crippen molar-refractivity contribution in [2.45, 2.75) is 12.5 Å². The van der Waals surface area contributed by atoms with Gasteiger partial charge in [0.1, 0.15) is 6.04 Å². The molecule has 1 aromatic heterocycles. The number of carbonyl (C=O) groups excluding carboxylic acids is 1. The minimum Gasteiger partial charge on any atom is -0.304 e. The number of fused-ring (bicyclic) bond motifs is 1. The van der Waals surface area contributed by atoms with Crippen LogP contribution in [-0.2, 0) is 11.2 Å². The van der Waals surface area contributed by atoms with Gasteiger partial charge in [-0.15, -0.1) is 11.3 Å². The van der Waals surface area contributed by atoms with Crippen molar-refractivity contribution in [2.24, 2.45) is 9.98 Å². The van der Waals surface area contributed by atoms with Crippen LogP contribution >= 0.6 is 11.3 Å². The lowest BCUT2D eigenvalue weighted by atomic mass is 10.1. The van der Waals surface area contributed by atoms with E-state index in [4.69, 9.17) is 0 Å². The fourth-order valence-corrected chi connectivity index (χ4v) is 2.54. The molecule has 80 valence electrons. The van der Waals surface area contributed by atoms with Crippen LogP contribution in [0.4, 0.5) is 0 Å². The van der Waals surface area contributed by atoms with Gasteiger partial charge in [0.05, 0.1) is 0 Å². The molecule has 0 aliphatic carbocycles. The zero-order chi connectivity index (χ0) is 11.0. The predicted molar refractivity (Wildman–Crippen MR) is 63.7 cm³/mol. The molecule has 3 rings (SSSR count). The molecule has 1 atom stereocenters. The highest BCUT2D eigenvalue weighted by atomic mass is 32.1. The number of allylic oxidation sites excluding steroid dienone is 1. The van der Waals surface area contributed by atoms with E-state index in [9.17, 15) is 4.79 Å². The van der Waals surface area contributed by atoms with Crippen molar-refractivity contribution < 1.29 is 4.79 Å². The number of guanidine groups is 1. The summed E-state index contributed by atoms with van der Waals surface area (Å²) in [7, 11) is 0. The highest BCUT2D eigenvalue weighted by Crippen LogP contribution is 2.21. The van der Waals surface area contributed by atoms with E-state index in [0.717, 1.165) is 0 Å². The molecule has 0 fully saturated rings. The van der Waals surface area contributed by atoms with Gasteiger partial charge in [0.25, 0.3) is 5.91 Å². The van der Waals surface area contributed by atoms with Crippen LogP contribution in [0.15, 0.2) is 39.8 Å².